The highest BCUT2D eigenvalue weighted by molar-refractivity contribution is 4.79. The summed E-state index contributed by atoms with van der Waals surface area (Å²) in [5.74, 6) is 0.811. The van der Waals surface area contributed by atoms with Crippen molar-refractivity contribution in [3.63, 3.8) is 0 Å². The number of ether oxygens (including phenoxy) is 1. The van der Waals surface area contributed by atoms with Crippen LogP contribution in [0.15, 0.2) is 0 Å². The zero-order chi connectivity index (χ0) is 13.6. The average Bonchev–Trinajstić information content (AvgIpc) is 2.32. The molecule has 0 spiro atoms. The number of morpholine rings is 1. The first kappa shape index (κ1) is 15.9. The summed E-state index contributed by atoms with van der Waals surface area (Å²) in [6.07, 6.45) is 1.28. The summed E-state index contributed by atoms with van der Waals surface area (Å²) in [5, 5.41) is 0. The van der Waals surface area contributed by atoms with Crippen LogP contribution in [0.2, 0.25) is 0 Å². The Bertz CT molecular complexity index is 231. The highest BCUT2D eigenvalue weighted by Crippen LogP contribution is 2.16. The standard InChI is InChI=1S/C15H32N2O/c1-6-14(3)12-16(7-2)8-9-17-10-11-18-15(4,5)13-17/h14H,6-13H2,1-5H3. The largest absolute Gasteiger partial charge is 0.373 e. The van der Waals surface area contributed by atoms with Gasteiger partial charge in [-0.2, -0.15) is 0 Å². The molecule has 18 heavy (non-hydrogen) atoms. The molecule has 1 aliphatic rings. The van der Waals surface area contributed by atoms with Crippen LogP contribution in [0.5, 0.6) is 0 Å². The summed E-state index contributed by atoms with van der Waals surface area (Å²) < 4.78 is 5.76. The molecule has 0 aromatic carbocycles. The van der Waals surface area contributed by atoms with Gasteiger partial charge in [0.2, 0.25) is 0 Å². The summed E-state index contributed by atoms with van der Waals surface area (Å²) in [6, 6.07) is 0. The van der Waals surface area contributed by atoms with Gasteiger partial charge in [0.1, 0.15) is 0 Å². The molecule has 1 fully saturated rings. The highest BCUT2D eigenvalue weighted by atomic mass is 16.5. The maximum absolute atomic E-state index is 5.76. The molecule has 0 N–H and O–H groups in total. The van der Waals surface area contributed by atoms with E-state index < -0.39 is 0 Å². The molecule has 0 bridgehead atoms. The molecule has 3 nitrogen and oxygen atoms in total. The van der Waals surface area contributed by atoms with Gasteiger partial charge in [0.05, 0.1) is 12.2 Å². The van der Waals surface area contributed by atoms with Gasteiger partial charge in [0, 0.05) is 32.7 Å². The molecular formula is C15H32N2O. The summed E-state index contributed by atoms with van der Waals surface area (Å²) >= 11 is 0. The number of hydrogen-bond acceptors (Lipinski definition) is 3. The van der Waals surface area contributed by atoms with Gasteiger partial charge in [-0.1, -0.05) is 27.2 Å². The first-order valence-corrected chi connectivity index (χ1v) is 7.55. The lowest BCUT2D eigenvalue weighted by atomic mass is 10.1. The van der Waals surface area contributed by atoms with Gasteiger partial charge >= 0.3 is 0 Å². The number of hydrogen-bond donors (Lipinski definition) is 0. The fraction of sp³-hybridized carbons (Fsp3) is 1.00. The van der Waals surface area contributed by atoms with E-state index in [0.29, 0.717) is 0 Å². The van der Waals surface area contributed by atoms with Crippen LogP contribution >= 0.6 is 0 Å². The maximum atomic E-state index is 5.76. The first-order chi connectivity index (χ1) is 8.46. The van der Waals surface area contributed by atoms with Crippen LogP contribution in [0.3, 0.4) is 0 Å². The SMILES string of the molecule is CCC(C)CN(CC)CCN1CCOC(C)(C)C1. The lowest BCUT2D eigenvalue weighted by Crippen LogP contribution is -2.50. The second kappa shape index (κ2) is 7.46. The van der Waals surface area contributed by atoms with E-state index in [2.05, 4.69) is 44.4 Å². The molecule has 1 saturated heterocycles. The fourth-order valence-electron chi connectivity index (χ4n) is 2.54. The van der Waals surface area contributed by atoms with E-state index in [1.165, 1.54) is 26.1 Å². The molecule has 1 atom stereocenters. The Kier molecular flexibility index (Phi) is 6.61. The van der Waals surface area contributed by atoms with Crippen molar-refractivity contribution < 1.29 is 4.74 Å². The lowest BCUT2D eigenvalue weighted by molar-refractivity contribution is -0.0871. The zero-order valence-electron chi connectivity index (χ0n) is 13.0. The van der Waals surface area contributed by atoms with Crippen molar-refractivity contribution in [3.05, 3.63) is 0 Å². The summed E-state index contributed by atoms with van der Waals surface area (Å²) in [5.41, 5.74) is 0.0337. The molecule has 0 amide bonds. The molecule has 0 aromatic rings. The molecule has 0 aliphatic carbocycles. The van der Waals surface area contributed by atoms with Crippen molar-refractivity contribution in [3.8, 4) is 0 Å². The number of likely N-dealkylation sites (N-methyl/N-ethyl adjacent to an activating group) is 1. The molecule has 1 unspecified atom stereocenters. The van der Waals surface area contributed by atoms with Crippen LogP contribution in [-0.2, 0) is 4.74 Å². The minimum absolute atomic E-state index is 0.0337. The van der Waals surface area contributed by atoms with Crippen LogP contribution in [0.1, 0.15) is 41.0 Å². The topological polar surface area (TPSA) is 15.7 Å². The third kappa shape index (κ3) is 5.68. The third-order valence-corrected chi connectivity index (χ3v) is 3.95. The Morgan fingerprint density at radius 2 is 2.06 bits per heavy atom. The van der Waals surface area contributed by atoms with Gasteiger partial charge in [-0.15, -0.1) is 0 Å². The van der Waals surface area contributed by atoms with Crippen molar-refractivity contribution in [1.82, 2.24) is 9.80 Å². The van der Waals surface area contributed by atoms with E-state index in [0.717, 1.165) is 32.2 Å². The van der Waals surface area contributed by atoms with Gasteiger partial charge in [0.15, 0.2) is 0 Å². The molecule has 0 saturated carbocycles. The zero-order valence-corrected chi connectivity index (χ0v) is 13.0. The highest BCUT2D eigenvalue weighted by Gasteiger charge is 2.26. The van der Waals surface area contributed by atoms with Gasteiger partial charge in [-0.25, -0.2) is 0 Å². The summed E-state index contributed by atoms with van der Waals surface area (Å²) in [7, 11) is 0. The Morgan fingerprint density at radius 1 is 1.33 bits per heavy atom. The van der Waals surface area contributed by atoms with E-state index in [4.69, 9.17) is 4.74 Å². The van der Waals surface area contributed by atoms with Crippen LogP contribution in [0.4, 0.5) is 0 Å². The van der Waals surface area contributed by atoms with Crippen molar-refractivity contribution in [2.24, 2.45) is 5.92 Å². The number of rotatable bonds is 7. The van der Waals surface area contributed by atoms with Crippen LogP contribution in [0, 0.1) is 5.92 Å². The van der Waals surface area contributed by atoms with Gasteiger partial charge in [-0.05, 0) is 26.3 Å². The third-order valence-electron chi connectivity index (χ3n) is 3.95. The molecule has 1 rings (SSSR count). The van der Waals surface area contributed by atoms with Gasteiger partial charge in [0.25, 0.3) is 0 Å². The van der Waals surface area contributed by atoms with Gasteiger partial charge in [-0.3, -0.25) is 4.90 Å². The molecule has 0 aromatic heterocycles. The molecule has 3 heteroatoms. The van der Waals surface area contributed by atoms with Gasteiger partial charge < -0.3 is 9.64 Å². The number of nitrogens with zero attached hydrogens (tertiary/aromatic N) is 2. The summed E-state index contributed by atoms with van der Waals surface area (Å²) in [4.78, 5) is 5.12. The van der Waals surface area contributed by atoms with E-state index in [9.17, 15) is 0 Å². The monoisotopic (exact) mass is 256 g/mol. The van der Waals surface area contributed by atoms with E-state index in [-0.39, 0.29) is 5.60 Å². The second-order valence-corrected chi connectivity index (χ2v) is 6.29. The van der Waals surface area contributed by atoms with E-state index in [1.54, 1.807) is 0 Å². The van der Waals surface area contributed by atoms with Crippen LogP contribution in [-0.4, -0.2) is 61.3 Å². The molecular weight excluding hydrogens is 224 g/mol. The normalized spacial score (nSPS) is 22.3. The molecule has 1 aliphatic heterocycles. The predicted molar refractivity (Wildman–Crippen MR) is 78.0 cm³/mol. The van der Waals surface area contributed by atoms with Crippen molar-refractivity contribution >= 4 is 0 Å². The Labute approximate surface area is 113 Å². The van der Waals surface area contributed by atoms with E-state index >= 15 is 0 Å². The first-order valence-electron chi connectivity index (χ1n) is 7.55. The molecule has 108 valence electrons. The predicted octanol–water partition coefficient (Wildman–Crippen LogP) is 2.47. The quantitative estimate of drug-likeness (QED) is 0.696. The summed E-state index contributed by atoms with van der Waals surface area (Å²) in [6.45, 7) is 19.1. The minimum Gasteiger partial charge on any atom is -0.373 e. The Hall–Kier alpha value is -0.120. The van der Waals surface area contributed by atoms with Crippen molar-refractivity contribution in [1.29, 1.82) is 0 Å². The minimum atomic E-state index is 0.0337. The molecule has 0 radical (unpaired) electrons. The van der Waals surface area contributed by atoms with Crippen LogP contribution in [0.25, 0.3) is 0 Å². The van der Waals surface area contributed by atoms with Crippen molar-refractivity contribution in [2.75, 3.05) is 45.9 Å². The Balaban J connectivity index is 2.29. The Morgan fingerprint density at radius 3 is 2.61 bits per heavy atom. The maximum Gasteiger partial charge on any atom is 0.0753 e. The van der Waals surface area contributed by atoms with Crippen LogP contribution < -0.4 is 0 Å². The fourth-order valence-corrected chi connectivity index (χ4v) is 2.54. The second-order valence-electron chi connectivity index (χ2n) is 6.29. The molecule has 1 heterocycles. The van der Waals surface area contributed by atoms with E-state index in [1.807, 2.05) is 0 Å². The lowest BCUT2D eigenvalue weighted by Gasteiger charge is -2.39. The van der Waals surface area contributed by atoms with Crippen molar-refractivity contribution in [2.45, 2.75) is 46.6 Å². The average molecular weight is 256 g/mol. The smallest absolute Gasteiger partial charge is 0.0753 e.